The number of benzene rings is 1. The second-order valence-electron chi connectivity index (χ2n) is 6.08. The molecule has 5 nitrogen and oxygen atoms in total. The molecule has 4 rings (SSSR count). The summed E-state index contributed by atoms with van der Waals surface area (Å²) >= 11 is 0. The molecule has 1 aromatic heterocycles. The van der Waals surface area contributed by atoms with Crippen molar-refractivity contribution in [3.05, 3.63) is 59.9 Å². The van der Waals surface area contributed by atoms with Crippen molar-refractivity contribution in [3.8, 4) is 11.1 Å². The molecule has 0 aromatic carbocycles. The molecule has 130 valence electrons. The zero-order valence-corrected chi connectivity index (χ0v) is 14.4. The number of Topliss-reactive ketones (excluding diaryl/α,β-unsaturated/α-hetero) is 2. The number of allylic oxidation sites excluding steroid dienone is 1. The minimum atomic E-state index is -0.676. The summed E-state index contributed by atoms with van der Waals surface area (Å²) in [5, 5.41) is 0. The van der Waals surface area contributed by atoms with E-state index in [1.54, 1.807) is 26.0 Å². The molecular formula is C20H20O5. The lowest BCUT2D eigenvalue weighted by Gasteiger charge is -2.13. The van der Waals surface area contributed by atoms with Crippen LogP contribution in [0, 0.1) is 0 Å². The Labute approximate surface area is 146 Å². The first-order valence-electron chi connectivity index (χ1n) is 8.17. The molecule has 0 spiro atoms. The lowest BCUT2D eigenvalue weighted by Crippen LogP contribution is -2.21. The van der Waals surface area contributed by atoms with Gasteiger partial charge in [0.2, 0.25) is 5.78 Å². The van der Waals surface area contributed by atoms with Crippen LogP contribution in [0.1, 0.15) is 37.7 Å². The molecule has 0 amide bonds. The third kappa shape index (κ3) is 3.99. The van der Waals surface area contributed by atoms with Gasteiger partial charge in [0.25, 0.3) is 0 Å². The lowest BCUT2D eigenvalue weighted by molar-refractivity contribution is -0.124. The average molecular weight is 340 g/mol. The van der Waals surface area contributed by atoms with E-state index < -0.39 is 12.2 Å². The second kappa shape index (κ2) is 6.97. The Hall–Kier alpha value is -2.82. The zero-order valence-electron chi connectivity index (χ0n) is 14.4. The van der Waals surface area contributed by atoms with E-state index in [4.69, 9.17) is 13.9 Å². The van der Waals surface area contributed by atoms with Gasteiger partial charge < -0.3 is 13.9 Å². The summed E-state index contributed by atoms with van der Waals surface area (Å²) in [5.74, 6) is 1.07. The molecule has 5 heteroatoms. The molecule has 2 unspecified atom stereocenters. The molecule has 0 saturated carbocycles. The first-order chi connectivity index (χ1) is 12.0. The first-order valence-corrected chi connectivity index (χ1v) is 8.17. The third-order valence-electron chi connectivity index (χ3n) is 4.10. The highest BCUT2D eigenvalue weighted by molar-refractivity contribution is 5.96. The van der Waals surface area contributed by atoms with Crippen LogP contribution in [0.5, 0.6) is 0 Å². The fourth-order valence-electron chi connectivity index (χ4n) is 2.55. The second-order valence-corrected chi connectivity index (χ2v) is 6.08. The van der Waals surface area contributed by atoms with Gasteiger partial charge in [0.05, 0.1) is 12.7 Å². The van der Waals surface area contributed by atoms with Gasteiger partial charge in [0, 0.05) is 0 Å². The summed E-state index contributed by atoms with van der Waals surface area (Å²) in [7, 11) is 0. The fourth-order valence-corrected chi connectivity index (χ4v) is 2.55. The van der Waals surface area contributed by atoms with E-state index >= 15 is 0 Å². The summed E-state index contributed by atoms with van der Waals surface area (Å²) in [4.78, 5) is 23.2. The van der Waals surface area contributed by atoms with Gasteiger partial charge in [-0.25, -0.2) is 0 Å². The molecule has 3 aliphatic rings. The Morgan fingerprint density at radius 3 is 2.36 bits per heavy atom. The minimum absolute atomic E-state index is 0.0528. The third-order valence-corrected chi connectivity index (χ3v) is 4.10. The van der Waals surface area contributed by atoms with Crippen LogP contribution in [0.3, 0.4) is 0 Å². The Morgan fingerprint density at radius 2 is 1.92 bits per heavy atom. The van der Waals surface area contributed by atoms with Crippen LogP contribution in [0.15, 0.2) is 58.6 Å². The van der Waals surface area contributed by atoms with Crippen molar-refractivity contribution in [1.29, 1.82) is 0 Å². The Balaban J connectivity index is 0.000000250. The standard InChI is InChI=1S/C14H16O5.C6H4/c1-8(15)12-7-13(9(2)18-12)19-10(3)14(16)11-5-4-6-17-11;1-2-5-4-6(5)3-1/h4-6,10,12H,7H2,1-3H3;1-4H. The number of hydrogen-bond acceptors (Lipinski definition) is 5. The summed E-state index contributed by atoms with van der Waals surface area (Å²) in [6.45, 7) is 4.84. The van der Waals surface area contributed by atoms with Crippen LogP contribution < -0.4 is 0 Å². The van der Waals surface area contributed by atoms with Crippen molar-refractivity contribution in [2.24, 2.45) is 0 Å². The summed E-state index contributed by atoms with van der Waals surface area (Å²) in [5.41, 5.74) is 2.85. The summed E-state index contributed by atoms with van der Waals surface area (Å²) in [6.07, 6.45) is 0.637. The van der Waals surface area contributed by atoms with Gasteiger partial charge in [0.1, 0.15) is 11.5 Å². The molecule has 0 radical (unpaired) electrons. The topological polar surface area (TPSA) is 65.7 Å². The highest BCUT2D eigenvalue weighted by Crippen LogP contribution is 2.32. The van der Waals surface area contributed by atoms with E-state index in [9.17, 15) is 9.59 Å². The molecule has 2 atom stereocenters. The summed E-state index contributed by atoms with van der Waals surface area (Å²) < 4.78 is 16.0. The largest absolute Gasteiger partial charge is 0.483 e. The number of fused-ring (bicyclic) bond motifs is 1. The van der Waals surface area contributed by atoms with Gasteiger partial charge >= 0.3 is 0 Å². The van der Waals surface area contributed by atoms with Crippen LogP contribution in [-0.2, 0) is 14.3 Å². The fraction of sp³-hybridized carbons (Fsp3) is 0.300. The molecular weight excluding hydrogens is 320 g/mol. The molecule has 25 heavy (non-hydrogen) atoms. The molecule has 0 N–H and O–H groups in total. The average Bonchev–Trinajstić information content (AvgIpc) is 3.03. The monoisotopic (exact) mass is 340 g/mol. The van der Waals surface area contributed by atoms with Gasteiger partial charge in [-0.15, -0.1) is 0 Å². The van der Waals surface area contributed by atoms with E-state index in [1.165, 1.54) is 24.3 Å². The van der Waals surface area contributed by atoms with Crippen molar-refractivity contribution in [2.45, 2.75) is 39.4 Å². The highest BCUT2D eigenvalue weighted by atomic mass is 16.5. The number of carbonyl (C=O) groups is 2. The van der Waals surface area contributed by atoms with Crippen molar-refractivity contribution in [3.63, 3.8) is 0 Å². The van der Waals surface area contributed by atoms with Gasteiger partial charge in [-0.05, 0) is 50.1 Å². The number of ether oxygens (including phenoxy) is 2. The molecule has 0 fully saturated rings. The van der Waals surface area contributed by atoms with Gasteiger partial charge in [-0.2, -0.15) is 0 Å². The van der Waals surface area contributed by atoms with Crippen LogP contribution >= 0.6 is 0 Å². The molecule has 1 aliphatic heterocycles. The normalized spacial score (nSPS) is 18.0. The van der Waals surface area contributed by atoms with E-state index in [0.717, 1.165) is 0 Å². The molecule has 0 bridgehead atoms. The zero-order chi connectivity index (χ0) is 18.0. The lowest BCUT2D eigenvalue weighted by atomic mass is 10.1. The van der Waals surface area contributed by atoms with Crippen molar-refractivity contribution in [2.75, 3.05) is 0 Å². The predicted molar refractivity (Wildman–Crippen MR) is 91.9 cm³/mol. The Kier molecular flexibility index (Phi) is 4.74. The maximum Gasteiger partial charge on any atom is 0.237 e. The van der Waals surface area contributed by atoms with E-state index in [1.807, 2.05) is 0 Å². The van der Waals surface area contributed by atoms with Crippen molar-refractivity contribution >= 4 is 11.6 Å². The number of rotatable bonds is 5. The van der Waals surface area contributed by atoms with Gasteiger partial charge in [0.15, 0.2) is 23.8 Å². The smallest absolute Gasteiger partial charge is 0.237 e. The number of hydrogen-bond donors (Lipinski definition) is 0. The van der Waals surface area contributed by atoms with Gasteiger partial charge in [-0.3, -0.25) is 9.59 Å². The number of ketones is 2. The number of carbonyl (C=O) groups excluding carboxylic acids is 2. The maximum atomic E-state index is 12.0. The molecule has 2 heterocycles. The van der Waals surface area contributed by atoms with Crippen LogP contribution in [0.4, 0.5) is 0 Å². The Bertz CT molecular complexity index is 799. The Morgan fingerprint density at radius 1 is 1.20 bits per heavy atom. The van der Waals surface area contributed by atoms with E-state index in [0.29, 0.717) is 17.9 Å². The van der Waals surface area contributed by atoms with Gasteiger partial charge in [-0.1, -0.05) is 18.2 Å². The van der Waals surface area contributed by atoms with Crippen molar-refractivity contribution in [1.82, 2.24) is 0 Å². The van der Waals surface area contributed by atoms with Crippen LogP contribution in [-0.4, -0.2) is 23.8 Å². The quantitative estimate of drug-likeness (QED) is 0.653. The first kappa shape index (κ1) is 17.0. The molecule has 0 saturated heterocycles. The summed E-state index contributed by atoms with van der Waals surface area (Å²) in [6, 6.07) is 11.7. The maximum absolute atomic E-state index is 12.0. The van der Waals surface area contributed by atoms with E-state index in [2.05, 4.69) is 24.3 Å². The highest BCUT2D eigenvalue weighted by Gasteiger charge is 2.30. The predicted octanol–water partition coefficient (Wildman–Crippen LogP) is 4.14. The van der Waals surface area contributed by atoms with E-state index in [-0.39, 0.29) is 17.3 Å². The van der Waals surface area contributed by atoms with Crippen LogP contribution in [0.2, 0.25) is 0 Å². The SMILES string of the molecule is CC(=O)C1CC(OC(C)C(=O)c2ccco2)=C(C)O1.c1cc2cc-2c1. The minimum Gasteiger partial charge on any atom is -0.483 e. The molecule has 1 aromatic rings. The molecule has 2 aliphatic carbocycles. The van der Waals surface area contributed by atoms with Crippen molar-refractivity contribution < 1.29 is 23.5 Å². The number of furan rings is 1. The van der Waals surface area contributed by atoms with Crippen LogP contribution in [0.25, 0.3) is 11.1 Å².